The molecular weight excluding hydrogens is 304 g/mol. The van der Waals surface area contributed by atoms with Gasteiger partial charge in [-0.3, -0.25) is 4.79 Å². The van der Waals surface area contributed by atoms with Gasteiger partial charge in [-0.05, 0) is 24.5 Å². The number of hydrogen-bond donors (Lipinski definition) is 2. The third-order valence-corrected chi connectivity index (χ3v) is 4.37. The van der Waals surface area contributed by atoms with Crippen molar-refractivity contribution in [3.05, 3.63) is 59.8 Å². The number of pyridine rings is 1. The van der Waals surface area contributed by atoms with Crippen molar-refractivity contribution in [3.63, 3.8) is 0 Å². The molecular formula is C19H22N2O3. The van der Waals surface area contributed by atoms with E-state index in [1.807, 2.05) is 30.3 Å². The Morgan fingerprint density at radius 1 is 1.25 bits per heavy atom. The molecule has 24 heavy (non-hydrogen) atoms. The van der Waals surface area contributed by atoms with Crippen LogP contribution in [0.2, 0.25) is 0 Å². The third-order valence-electron chi connectivity index (χ3n) is 4.37. The summed E-state index contributed by atoms with van der Waals surface area (Å²) in [6.07, 6.45) is 4.08. The van der Waals surface area contributed by atoms with Crippen LogP contribution in [0.15, 0.2) is 48.7 Å². The molecule has 1 fully saturated rings. The van der Waals surface area contributed by atoms with Crippen molar-refractivity contribution in [2.45, 2.75) is 32.0 Å². The number of nitrogens with one attached hydrogen (secondary N) is 1. The summed E-state index contributed by atoms with van der Waals surface area (Å²) in [6, 6.07) is 13.1. The zero-order valence-corrected chi connectivity index (χ0v) is 13.5. The van der Waals surface area contributed by atoms with Gasteiger partial charge in [0.05, 0.1) is 6.10 Å². The molecule has 1 aliphatic carbocycles. The standard InChI is InChI=1S/C19H22N2O3/c22-17-8-4-7-16(17)12-21-19(23)15-9-10-20-18(11-15)24-13-14-5-2-1-3-6-14/h1-3,5-6,9-11,16-17,22H,4,7-8,12-13H2,(H,21,23). The molecule has 0 spiro atoms. The van der Waals surface area contributed by atoms with Gasteiger partial charge in [0.1, 0.15) is 6.61 Å². The number of nitrogens with zero attached hydrogens (tertiary/aromatic N) is 1. The molecule has 1 saturated carbocycles. The molecule has 5 nitrogen and oxygen atoms in total. The van der Waals surface area contributed by atoms with Crippen LogP contribution >= 0.6 is 0 Å². The highest BCUT2D eigenvalue weighted by atomic mass is 16.5. The maximum Gasteiger partial charge on any atom is 0.251 e. The van der Waals surface area contributed by atoms with Crippen molar-refractivity contribution in [2.75, 3.05) is 6.54 Å². The van der Waals surface area contributed by atoms with Crippen LogP contribution in [0.1, 0.15) is 35.2 Å². The van der Waals surface area contributed by atoms with E-state index in [-0.39, 0.29) is 17.9 Å². The second-order valence-corrected chi connectivity index (χ2v) is 6.13. The Hall–Kier alpha value is -2.40. The Labute approximate surface area is 141 Å². The van der Waals surface area contributed by atoms with Crippen molar-refractivity contribution in [1.82, 2.24) is 10.3 Å². The number of ether oxygens (including phenoxy) is 1. The van der Waals surface area contributed by atoms with Gasteiger partial charge >= 0.3 is 0 Å². The molecule has 2 aromatic rings. The molecule has 0 aliphatic heterocycles. The lowest BCUT2D eigenvalue weighted by molar-refractivity contribution is 0.0916. The van der Waals surface area contributed by atoms with E-state index in [1.54, 1.807) is 18.3 Å². The largest absolute Gasteiger partial charge is 0.473 e. The number of hydrogen-bond acceptors (Lipinski definition) is 4. The molecule has 1 aliphatic rings. The molecule has 1 aromatic heterocycles. The van der Waals surface area contributed by atoms with E-state index in [4.69, 9.17) is 4.74 Å². The zero-order chi connectivity index (χ0) is 16.8. The van der Waals surface area contributed by atoms with Crippen LogP contribution in [0.25, 0.3) is 0 Å². The number of aromatic nitrogens is 1. The minimum Gasteiger partial charge on any atom is -0.473 e. The van der Waals surface area contributed by atoms with E-state index >= 15 is 0 Å². The maximum absolute atomic E-state index is 12.3. The Kier molecular flexibility index (Phi) is 5.43. The maximum atomic E-state index is 12.3. The van der Waals surface area contributed by atoms with Gasteiger partial charge in [-0.25, -0.2) is 4.98 Å². The summed E-state index contributed by atoms with van der Waals surface area (Å²) < 4.78 is 5.65. The minimum absolute atomic E-state index is 0.157. The van der Waals surface area contributed by atoms with Gasteiger partial charge in [0, 0.05) is 30.3 Å². The highest BCUT2D eigenvalue weighted by Crippen LogP contribution is 2.24. The zero-order valence-electron chi connectivity index (χ0n) is 13.5. The molecule has 0 bridgehead atoms. The van der Waals surface area contributed by atoms with Crippen molar-refractivity contribution in [3.8, 4) is 5.88 Å². The Balaban J connectivity index is 1.55. The van der Waals surface area contributed by atoms with E-state index < -0.39 is 0 Å². The minimum atomic E-state index is -0.299. The Morgan fingerprint density at radius 3 is 2.83 bits per heavy atom. The van der Waals surface area contributed by atoms with Gasteiger partial charge in [0.25, 0.3) is 5.91 Å². The van der Waals surface area contributed by atoms with Crippen LogP contribution in [0.5, 0.6) is 5.88 Å². The monoisotopic (exact) mass is 326 g/mol. The quantitative estimate of drug-likeness (QED) is 0.856. The molecule has 5 heteroatoms. The van der Waals surface area contributed by atoms with Crippen molar-refractivity contribution < 1.29 is 14.6 Å². The number of aliphatic hydroxyl groups is 1. The van der Waals surface area contributed by atoms with Crippen LogP contribution in [-0.2, 0) is 6.61 Å². The lowest BCUT2D eigenvalue weighted by Gasteiger charge is -2.15. The molecule has 2 N–H and O–H groups in total. The van der Waals surface area contributed by atoms with Gasteiger partial charge in [-0.1, -0.05) is 36.8 Å². The molecule has 0 radical (unpaired) electrons. The number of carbonyl (C=O) groups is 1. The molecule has 1 heterocycles. The number of amides is 1. The summed E-state index contributed by atoms with van der Waals surface area (Å²) in [4.78, 5) is 16.4. The SMILES string of the molecule is O=C(NCC1CCCC1O)c1ccnc(OCc2ccccc2)c1. The highest BCUT2D eigenvalue weighted by molar-refractivity contribution is 5.94. The first-order chi connectivity index (χ1) is 11.7. The average Bonchev–Trinajstić information content (AvgIpc) is 3.04. The summed E-state index contributed by atoms with van der Waals surface area (Å²) in [5.41, 5.74) is 1.56. The molecule has 1 aromatic carbocycles. The lowest BCUT2D eigenvalue weighted by Crippen LogP contribution is -2.32. The van der Waals surface area contributed by atoms with E-state index in [0.29, 0.717) is 24.6 Å². The molecule has 1 amide bonds. The summed E-state index contributed by atoms with van der Waals surface area (Å²) in [5.74, 6) is 0.415. The first kappa shape index (κ1) is 16.5. The lowest BCUT2D eigenvalue weighted by atomic mass is 10.1. The molecule has 126 valence electrons. The topological polar surface area (TPSA) is 71.5 Å². The van der Waals surface area contributed by atoms with E-state index in [2.05, 4.69) is 10.3 Å². The average molecular weight is 326 g/mol. The van der Waals surface area contributed by atoms with E-state index in [9.17, 15) is 9.90 Å². The predicted octanol–water partition coefficient (Wildman–Crippen LogP) is 2.55. The third kappa shape index (κ3) is 4.32. The van der Waals surface area contributed by atoms with Gasteiger partial charge < -0.3 is 15.2 Å². The molecule has 3 rings (SSSR count). The fourth-order valence-electron chi connectivity index (χ4n) is 2.94. The van der Waals surface area contributed by atoms with Crippen LogP contribution in [0, 0.1) is 5.92 Å². The van der Waals surface area contributed by atoms with E-state index in [0.717, 1.165) is 24.8 Å². The Morgan fingerprint density at radius 2 is 2.08 bits per heavy atom. The fourth-order valence-corrected chi connectivity index (χ4v) is 2.94. The van der Waals surface area contributed by atoms with Crippen LogP contribution in [-0.4, -0.2) is 28.6 Å². The second kappa shape index (κ2) is 7.93. The van der Waals surface area contributed by atoms with Gasteiger partial charge in [-0.15, -0.1) is 0 Å². The normalized spacial score (nSPS) is 19.9. The van der Waals surface area contributed by atoms with Gasteiger partial charge in [0.15, 0.2) is 0 Å². The second-order valence-electron chi connectivity index (χ2n) is 6.13. The molecule has 2 unspecified atom stereocenters. The predicted molar refractivity (Wildman–Crippen MR) is 90.7 cm³/mol. The number of carbonyl (C=O) groups excluding carboxylic acids is 1. The number of rotatable bonds is 6. The van der Waals surface area contributed by atoms with Crippen molar-refractivity contribution >= 4 is 5.91 Å². The van der Waals surface area contributed by atoms with Gasteiger partial charge in [-0.2, -0.15) is 0 Å². The fraction of sp³-hybridized carbons (Fsp3) is 0.368. The number of aliphatic hydroxyl groups excluding tert-OH is 1. The van der Waals surface area contributed by atoms with Crippen molar-refractivity contribution in [2.24, 2.45) is 5.92 Å². The smallest absolute Gasteiger partial charge is 0.251 e. The summed E-state index contributed by atoms with van der Waals surface area (Å²) >= 11 is 0. The molecule has 2 atom stereocenters. The van der Waals surface area contributed by atoms with Crippen LogP contribution in [0.4, 0.5) is 0 Å². The Bertz CT molecular complexity index is 675. The van der Waals surface area contributed by atoms with Crippen LogP contribution < -0.4 is 10.1 Å². The van der Waals surface area contributed by atoms with Gasteiger partial charge in [0.2, 0.25) is 5.88 Å². The summed E-state index contributed by atoms with van der Waals surface area (Å²) in [5, 5.41) is 12.7. The number of benzene rings is 1. The van der Waals surface area contributed by atoms with Crippen LogP contribution in [0.3, 0.4) is 0 Å². The van der Waals surface area contributed by atoms with E-state index in [1.165, 1.54) is 0 Å². The summed E-state index contributed by atoms with van der Waals surface area (Å²) in [7, 11) is 0. The van der Waals surface area contributed by atoms with Crippen molar-refractivity contribution in [1.29, 1.82) is 0 Å². The first-order valence-electron chi connectivity index (χ1n) is 8.31. The highest BCUT2D eigenvalue weighted by Gasteiger charge is 2.25. The first-order valence-corrected chi connectivity index (χ1v) is 8.31. The molecule has 0 saturated heterocycles. The summed E-state index contributed by atoms with van der Waals surface area (Å²) in [6.45, 7) is 0.912.